The molecule has 0 bridgehead atoms. The summed E-state index contributed by atoms with van der Waals surface area (Å²) in [7, 11) is 0. The Morgan fingerprint density at radius 2 is 1.92 bits per heavy atom. The second-order valence-corrected chi connectivity index (χ2v) is 3.38. The highest BCUT2D eigenvalue weighted by Gasteiger charge is 2.27. The van der Waals surface area contributed by atoms with Gasteiger partial charge in [-0.25, -0.2) is 0 Å². The molecule has 0 heterocycles. The van der Waals surface area contributed by atoms with Crippen LogP contribution in [0.3, 0.4) is 0 Å². The Balaban J connectivity index is 4.06. The highest BCUT2D eigenvalue weighted by Crippen LogP contribution is 2.18. The van der Waals surface area contributed by atoms with Gasteiger partial charge in [0.25, 0.3) is 0 Å². The Kier molecular flexibility index (Phi) is 3.73. The van der Waals surface area contributed by atoms with Crippen molar-refractivity contribution in [3.05, 3.63) is 0 Å². The fraction of sp³-hybridized carbons (Fsp3) is 0.750. The first kappa shape index (κ1) is 10.9. The van der Waals surface area contributed by atoms with Crippen molar-refractivity contribution in [3.63, 3.8) is 0 Å². The number of primary amides is 1. The molecule has 12 heavy (non-hydrogen) atoms. The normalized spacial score (nSPS) is 10.9. The number of rotatable bonds is 4. The summed E-state index contributed by atoms with van der Waals surface area (Å²) in [6.07, 6.45) is 0.149. The topological polar surface area (TPSA) is 72.2 Å². The van der Waals surface area contributed by atoms with Gasteiger partial charge in [0.15, 0.2) is 0 Å². The van der Waals surface area contributed by atoms with Gasteiger partial charge in [0.2, 0.25) is 11.8 Å². The summed E-state index contributed by atoms with van der Waals surface area (Å²) in [5.74, 6) is -0.588. The molecule has 0 saturated carbocycles. The van der Waals surface area contributed by atoms with E-state index in [-0.39, 0.29) is 12.3 Å². The lowest BCUT2D eigenvalue weighted by Gasteiger charge is -2.18. The second kappa shape index (κ2) is 4.09. The number of hydrogen-bond acceptors (Lipinski definition) is 2. The van der Waals surface area contributed by atoms with Crippen molar-refractivity contribution in [1.82, 2.24) is 5.32 Å². The predicted octanol–water partition coefficient (Wildman–Crippen LogP) is 0.0241. The monoisotopic (exact) mass is 172 g/mol. The van der Waals surface area contributed by atoms with E-state index in [1.165, 1.54) is 0 Å². The van der Waals surface area contributed by atoms with Gasteiger partial charge in [-0.3, -0.25) is 9.59 Å². The van der Waals surface area contributed by atoms with Gasteiger partial charge in [0, 0.05) is 13.0 Å². The van der Waals surface area contributed by atoms with Crippen LogP contribution in [0.25, 0.3) is 0 Å². The Hall–Kier alpha value is -1.06. The molecule has 4 heteroatoms. The van der Waals surface area contributed by atoms with Crippen LogP contribution < -0.4 is 11.1 Å². The molecular formula is C8H16N2O2. The molecule has 2 amide bonds. The molecule has 0 unspecified atom stereocenters. The maximum Gasteiger partial charge on any atom is 0.223 e. The maximum atomic E-state index is 11.0. The van der Waals surface area contributed by atoms with E-state index in [9.17, 15) is 9.59 Å². The number of hydrogen-bond donors (Lipinski definition) is 2. The van der Waals surface area contributed by atoms with Crippen LogP contribution in [0.15, 0.2) is 0 Å². The molecule has 0 rings (SSSR count). The van der Waals surface area contributed by atoms with Crippen LogP contribution in [0.1, 0.15) is 27.2 Å². The molecule has 0 aliphatic carbocycles. The zero-order chi connectivity index (χ0) is 9.78. The molecule has 0 aliphatic rings. The molecule has 70 valence electrons. The summed E-state index contributed by atoms with van der Waals surface area (Å²) in [4.78, 5) is 21.8. The summed E-state index contributed by atoms with van der Waals surface area (Å²) in [6.45, 7) is 5.72. The number of carbonyl (C=O) groups is 2. The molecule has 0 atom stereocenters. The summed E-state index contributed by atoms with van der Waals surface area (Å²) in [5.41, 5.74) is 4.35. The van der Waals surface area contributed by atoms with Crippen molar-refractivity contribution in [2.45, 2.75) is 27.2 Å². The van der Waals surface area contributed by atoms with Crippen molar-refractivity contribution < 1.29 is 9.59 Å². The standard InChI is InChI=1S/C8H16N2O2/c1-4-10-6(11)5-8(2,3)7(9)12/h4-5H2,1-3H3,(H2,9,12)(H,10,11). The largest absolute Gasteiger partial charge is 0.369 e. The van der Waals surface area contributed by atoms with E-state index in [1.807, 2.05) is 6.92 Å². The molecule has 0 aromatic rings. The van der Waals surface area contributed by atoms with E-state index in [0.29, 0.717) is 6.54 Å². The van der Waals surface area contributed by atoms with E-state index >= 15 is 0 Å². The molecule has 0 aromatic heterocycles. The van der Waals surface area contributed by atoms with Gasteiger partial charge in [-0.2, -0.15) is 0 Å². The minimum absolute atomic E-state index is 0.138. The molecule has 0 fully saturated rings. The fourth-order valence-corrected chi connectivity index (χ4v) is 0.748. The highest BCUT2D eigenvalue weighted by molar-refractivity contribution is 5.87. The van der Waals surface area contributed by atoms with Gasteiger partial charge >= 0.3 is 0 Å². The lowest BCUT2D eigenvalue weighted by Crippen LogP contribution is -2.37. The first-order valence-electron chi connectivity index (χ1n) is 3.96. The Morgan fingerprint density at radius 3 is 2.25 bits per heavy atom. The summed E-state index contributed by atoms with van der Waals surface area (Å²) in [5, 5.41) is 2.61. The molecular weight excluding hydrogens is 156 g/mol. The van der Waals surface area contributed by atoms with Gasteiger partial charge in [0.05, 0.1) is 5.41 Å². The zero-order valence-electron chi connectivity index (χ0n) is 7.81. The average molecular weight is 172 g/mol. The third kappa shape index (κ3) is 3.37. The van der Waals surface area contributed by atoms with Crippen LogP contribution in [0.2, 0.25) is 0 Å². The summed E-state index contributed by atoms with van der Waals surface area (Å²) in [6, 6.07) is 0. The first-order valence-corrected chi connectivity index (χ1v) is 3.96. The van der Waals surface area contributed by atoms with E-state index in [0.717, 1.165) is 0 Å². The van der Waals surface area contributed by atoms with Gasteiger partial charge in [-0.1, -0.05) is 13.8 Å². The van der Waals surface area contributed by atoms with E-state index in [1.54, 1.807) is 13.8 Å². The van der Waals surface area contributed by atoms with Gasteiger partial charge < -0.3 is 11.1 Å². The third-order valence-electron chi connectivity index (χ3n) is 1.64. The third-order valence-corrected chi connectivity index (χ3v) is 1.64. The zero-order valence-corrected chi connectivity index (χ0v) is 7.81. The van der Waals surface area contributed by atoms with Crippen LogP contribution >= 0.6 is 0 Å². The second-order valence-electron chi connectivity index (χ2n) is 3.38. The maximum absolute atomic E-state index is 11.0. The SMILES string of the molecule is CCNC(=O)CC(C)(C)C(N)=O. The van der Waals surface area contributed by atoms with Crippen LogP contribution in [-0.2, 0) is 9.59 Å². The van der Waals surface area contributed by atoms with Crippen LogP contribution in [-0.4, -0.2) is 18.4 Å². The number of nitrogens with one attached hydrogen (secondary N) is 1. The number of carbonyl (C=O) groups excluding carboxylic acids is 2. The van der Waals surface area contributed by atoms with Crippen molar-refractivity contribution in [3.8, 4) is 0 Å². The van der Waals surface area contributed by atoms with E-state index < -0.39 is 11.3 Å². The van der Waals surface area contributed by atoms with Crippen molar-refractivity contribution in [1.29, 1.82) is 0 Å². The Morgan fingerprint density at radius 1 is 1.42 bits per heavy atom. The summed E-state index contributed by atoms with van der Waals surface area (Å²) < 4.78 is 0. The van der Waals surface area contributed by atoms with Crippen LogP contribution in [0.5, 0.6) is 0 Å². The van der Waals surface area contributed by atoms with Crippen molar-refractivity contribution in [2.24, 2.45) is 11.1 Å². The average Bonchev–Trinajstić information content (AvgIpc) is 1.85. The number of amides is 2. The predicted molar refractivity (Wildman–Crippen MR) is 46.3 cm³/mol. The van der Waals surface area contributed by atoms with Crippen LogP contribution in [0.4, 0.5) is 0 Å². The van der Waals surface area contributed by atoms with Gasteiger partial charge in [-0.05, 0) is 6.92 Å². The first-order chi connectivity index (χ1) is 5.40. The Bertz CT molecular complexity index is 187. The lowest BCUT2D eigenvalue weighted by atomic mass is 9.88. The molecule has 0 radical (unpaired) electrons. The summed E-state index contributed by atoms with van der Waals surface area (Å²) >= 11 is 0. The van der Waals surface area contributed by atoms with E-state index in [4.69, 9.17) is 5.73 Å². The smallest absolute Gasteiger partial charge is 0.223 e. The molecule has 3 N–H and O–H groups in total. The minimum atomic E-state index is -0.751. The van der Waals surface area contributed by atoms with Crippen molar-refractivity contribution >= 4 is 11.8 Å². The van der Waals surface area contributed by atoms with E-state index in [2.05, 4.69) is 5.32 Å². The van der Waals surface area contributed by atoms with Crippen LogP contribution in [0, 0.1) is 5.41 Å². The highest BCUT2D eigenvalue weighted by atomic mass is 16.2. The molecule has 0 spiro atoms. The number of nitrogens with two attached hydrogens (primary N) is 1. The molecule has 0 saturated heterocycles. The van der Waals surface area contributed by atoms with Gasteiger partial charge in [0.1, 0.15) is 0 Å². The van der Waals surface area contributed by atoms with Gasteiger partial charge in [-0.15, -0.1) is 0 Å². The molecule has 0 aliphatic heterocycles. The Labute approximate surface area is 72.5 Å². The quantitative estimate of drug-likeness (QED) is 0.627. The molecule has 0 aromatic carbocycles. The van der Waals surface area contributed by atoms with Crippen molar-refractivity contribution in [2.75, 3.05) is 6.54 Å². The lowest BCUT2D eigenvalue weighted by molar-refractivity contribution is -0.132. The fourth-order valence-electron chi connectivity index (χ4n) is 0.748. The minimum Gasteiger partial charge on any atom is -0.369 e. The molecule has 4 nitrogen and oxygen atoms in total.